The number of hydrogen-bond acceptors (Lipinski definition) is 6. The lowest BCUT2D eigenvalue weighted by Crippen LogP contribution is -2.40. The fraction of sp³-hybridized carbons (Fsp3) is 0.286. The van der Waals surface area contributed by atoms with Gasteiger partial charge in [0.1, 0.15) is 0 Å². The quantitative estimate of drug-likeness (QED) is 0.689. The molecule has 1 aliphatic heterocycles. The maximum Gasteiger partial charge on any atom is 0.321 e. The summed E-state index contributed by atoms with van der Waals surface area (Å²) in [4.78, 5) is 46.7. The van der Waals surface area contributed by atoms with Crippen LogP contribution in [-0.2, 0) is 19.1 Å². The second-order valence-electron chi connectivity index (χ2n) is 4.58. The van der Waals surface area contributed by atoms with Crippen molar-refractivity contribution in [3.8, 4) is 0 Å². The summed E-state index contributed by atoms with van der Waals surface area (Å²) in [5.74, 6) is -1.73. The summed E-state index contributed by atoms with van der Waals surface area (Å²) < 4.78 is 4.76. The normalized spacial score (nSPS) is 15.9. The number of benzene rings is 1. The molecule has 1 aromatic carbocycles. The van der Waals surface area contributed by atoms with Gasteiger partial charge in [-0.2, -0.15) is 0 Å². The molecule has 9 heteroatoms. The van der Waals surface area contributed by atoms with Crippen molar-refractivity contribution < 1.29 is 23.9 Å². The van der Waals surface area contributed by atoms with E-state index in [-0.39, 0.29) is 12.3 Å². The van der Waals surface area contributed by atoms with Crippen molar-refractivity contribution in [1.82, 2.24) is 10.6 Å². The highest BCUT2D eigenvalue weighted by atomic mass is 32.2. The lowest BCUT2D eigenvalue weighted by Gasteiger charge is -2.23. The number of hydrogen-bond donors (Lipinski definition) is 3. The monoisotopic (exact) mass is 337 g/mol. The largest absolute Gasteiger partial charge is 0.456 e. The van der Waals surface area contributed by atoms with E-state index in [0.717, 1.165) is 4.90 Å². The van der Waals surface area contributed by atoms with Gasteiger partial charge in [-0.1, -0.05) is 12.1 Å². The topological polar surface area (TPSA) is 114 Å². The van der Waals surface area contributed by atoms with Crippen molar-refractivity contribution in [2.45, 2.75) is 16.6 Å². The number of ether oxygens (including phenoxy) is 1. The number of carbonyl (C=O) groups excluding carboxylic acids is 4. The first-order valence-corrected chi connectivity index (χ1v) is 7.61. The fourth-order valence-electron chi connectivity index (χ4n) is 1.81. The van der Waals surface area contributed by atoms with Crippen molar-refractivity contribution in [3.05, 3.63) is 24.3 Å². The van der Waals surface area contributed by atoms with Crippen LogP contribution in [0.2, 0.25) is 0 Å². The number of anilines is 1. The summed E-state index contributed by atoms with van der Waals surface area (Å²) in [6, 6.07) is 6.57. The molecule has 1 heterocycles. The number of amides is 4. The van der Waals surface area contributed by atoms with Crippen molar-refractivity contribution in [2.24, 2.45) is 0 Å². The SMILES string of the molecule is CNC(=O)NC(=O)COC(=O)C[C@@H]1Sc2ccccc2NC1=O. The van der Waals surface area contributed by atoms with Crippen LogP contribution in [0.15, 0.2) is 29.2 Å². The number of esters is 1. The van der Waals surface area contributed by atoms with Gasteiger partial charge in [0.25, 0.3) is 5.91 Å². The number of nitrogens with one attached hydrogen (secondary N) is 3. The van der Waals surface area contributed by atoms with E-state index in [1.165, 1.54) is 18.8 Å². The molecule has 0 fully saturated rings. The number of para-hydroxylation sites is 1. The Balaban J connectivity index is 1.83. The Morgan fingerprint density at radius 1 is 1.30 bits per heavy atom. The van der Waals surface area contributed by atoms with Gasteiger partial charge in [-0.05, 0) is 12.1 Å². The van der Waals surface area contributed by atoms with E-state index in [1.807, 2.05) is 17.4 Å². The van der Waals surface area contributed by atoms with Crippen LogP contribution >= 0.6 is 11.8 Å². The molecule has 1 aromatic rings. The minimum absolute atomic E-state index is 0.169. The van der Waals surface area contributed by atoms with Crippen LogP contribution in [-0.4, -0.2) is 42.7 Å². The van der Waals surface area contributed by atoms with E-state index in [2.05, 4.69) is 10.6 Å². The molecule has 0 saturated heterocycles. The highest BCUT2D eigenvalue weighted by molar-refractivity contribution is 8.01. The molecule has 0 bridgehead atoms. The Morgan fingerprint density at radius 2 is 2.04 bits per heavy atom. The van der Waals surface area contributed by atoms with Gasteiger partial charge < -0.3 is 15.4 Å². The third-order valence-corrected chi connectivity index (χ3v) is 4.18. The smallest absolute Gasteiger partial charge is 0.321 e. The second kappa shape index (κ2) is 7.63. The summed E-state index contributed by atoms with van der Waals surface area (Å²) in [5.41, 5.74) is 0.706. The number of fused-ring (bicyclic) bond motifs is 1. The lowest BCUT2D eigenvalue weighted by molar-refractivity contribution is -0.148. The number of imide groups is 1. The minimum atomic E-state index is -0.746. The molecule has 4 amide bonds. The zero-order valence-electron chi connectivity index (χ0n) is 12.3. The maximum absolute atomic E-state index is 11.9. The van der Waals surface area contributed by atoms with Gasteiger partial charge in [0.2, 0.25) is 5.91 Å². The van der Waals surface area contributed by atoms with Gasteiger partial charge in [-0.15, -0.1) is 11.8 Å². The number of urea groups is 1. The molecule has 122 valence electrons. The van der Waals surface area contributed by atoms with Crippen LogP contribution in [0.25, 0.3) is 0 Å². The van der Waals surface area contributed by atoms with Gasteiger partial charge in [-0.3, -0.25) is 19.7 Å². The van der Waals surface area contributed by atoms with Gasteiger partial charge in [0.15, 0.2) is 6.61 Å². The van der Waals surface area contributed by atoms with E-state index in [9.17, 15) is 19.2 Å². The van der Waals surface area contributed by atoms with E-state index < -0.39 is 29.8 Å². The van der Waals surface area contributed by atoms with E-state index in [1.54, 1.807) is 12.1 Å². The lowest BCUT2D eigenvalue weighted by atomic mass is 10.2. The van der Waals surface area contributed by atoms with Crippen molar-refractivity contribution >= 4 is 41.3 Å². The van der Waals surface area contributed by atoms with Crippen LogP contribution in [0.4, 0.5) is 10.5 Å². The molecule has 0 radical (unpaired) electrons. The first kappa shape index (κ1) is 16.8. The summed E-state index contributed by atoms with van der Waals surface area (Å²) in [7, 11) is 1.35. The summed E-state index contributed by atoms with van der Waals surface area (Å²) in [5, 5.41) is 6.25. The summed E-state index contributed by atoms with van der Waals surface area (Å²) >= 11 is 1.26. The van der Waals surface area contributed by atoms with Gasteiger partial charge >= 0.3 is 12.0 Å². The van der Waals surface area contributed by atoms with Gasteiger partial charge in [-0.25, -0.2) is 4.79 Å². The van der Waals surface area contributed by atoms with Crippen molar-refractivity contribution in [3.63, 3.8) is 0 Å². The molecule has 8 nitrogen and oxygen atoms in total. The number of thioether (sulfide) groups is 1. The molecule has 23 heavy (non-hydrogen) atoms. The summed E-state index contributed by atoms with van der Waals surface area (Å²) in [6.07, 6.45) is -0.169. The predicted octanol–water partition coefficient (Wildman–Crippen LogP) is 0.488. The number of rotatable bonds is 4. The van der Waals surface area contributed by atoms with Crippen LogP contribution in [0.3, 0.4) is 0 Å². The molecule has 2 rings (SSSR count). The summed E-state index contributed by atoms with van der Waals surface area (Å²) in [6.45, 7) is -0.582. The highest BCUT2D eigenvalue weighted by Crippen LogP contribution is 2.36. The Kier molecular flexibility index (Phi) is 5.58. The molecule has 0 aromatic heterocycles. The molecule has 0 spiro atoms. The first-order valence-electron chi connectivity index (χ1n) is 6.73. The zero-order chi connectivity index (χ0) is 16.8. The number of carbonyl (C=O) groups is 4. The van der Waals surface area contributed by atoms with Crippen LogP contribution in [0.1, 0.15) is 6.42 Å². The van der Waals surface area contributed by atoms with E-state index >= 15 is 0 Å². The van der Waals surface area contributed by atoms with Crippen LogP contribution < -0.4 is 16.0 Å². The molecular formula is C14H15N3O5S. The molecule has 0 aliphatic carbocycles. The van der Waals surface area contributed by atoms with Crippen LogP contribution in [0, 0.1) is 0 Å². The van der Waals surface area contributed by atoms with Crippen molar-refractivity contribution in [1.29, 1.82) is 0 Å². The van der Waals surface area contributed by atoms with Gasteiger partial charge in [0.05, 0.1) is 17.4 Å². The Morgan fingerprint density at radius 3 is 2.78 bits per heavy atom. The van der Waals surface area contributed by atoms with Gasteiger partial charge in [0, 0.05) is 11.9 Å². The minimum Gasteiger partial charge on any atom is -0.456 e. The second-order valence-corrected chi connectivity index (χ2v) is 5.83. The Labute approximate surface area is 136 Å². The third kappa shape index (κ3) is 4.71. The predicted molar refractivity (Wildman–Crippen MR) is 82.9 cm³/mol. The Bertz CT molecular complexity index is 649. The molecule has 0 saturated carbocycles. The standard InChI is InChI=1S/C14H15N3O5S/c1-15-14(21)17-11(18)7-22-12(19)6-10-13(20)16-8-4-2-3-5-9(8)23-10/h2-5,10H,6-7H2,1H3,(H,16,20)(H2,15,17,18,21)/t10-/m0/s1. The van der Waals surface area contributed by atoms with Crippen LogP contribution in [0.5, 0.6) is 0 Å². The zero-order valence-corrected chi connectivity index (χ0v) is 13.1. The van der Waals surface area contributed by atoms with E-state index in [4.69, 9.17) is 4.74 Å². The highest BCUT2D eigenvalue weighted by Gasteiger charge is 2.29. The Hall–Kier alpha value is -2.55. The molecular weight excluding hydrogens is 322 g/mol. The average molecular weight is 337 g/mol. The fourth-order valence-corrected chi connectivity index (χ4v) is 2.90. The molecule has 1 aliphatic rings. The molecule has 3 N–H and O–H groups in total. The van der Waals surface area contributed by atoms with E-state index in [0.29, 0.717) is 5.69 Å². The first-order chi connectivity index (χ1) is 11.0. The third-order valence-electron chi connectivity index (χ3n) is 2.90. The molecule has 1 atom stereocenters. The average Bonchev–Trinajstić information content (AvgIpc) is 2.53. The molecule has 0 unspecified atom stereocenters. The van der Waals surface area contributed by atoms with Crippen molar-refractivity contribution in [2.75, 3.05) is 19.0 Å². The maximum atomic E-state index is 11.9.